The van der Waals surface area contributed by atoms with E-state index in [9.17, 15) is 14.7 Å². The molecule has 0 spiro atoms. The number of aliphatic carboxylic acids is 1. The summed E-state index contributed by atoms with van der Waals surface area (Å²) in [5, 5.41) is 12.3. The quantitative estimate of drug-likeness (QED) is 0.352. The van der Waals surface area contributed by atoms with E-state index in [0.717, 1.165) is 11.3 Å². The molecule has 0 radical (unpaired) electrons. The van der Waals surface area contributed by atoms with Crippen molar-refractivity contribution in [2.75, 3.05) is 25.2 Å². The molecule has 8 nitrogen and oxygen atoms in total. The van der Waals surface area contributed by atoms with Crippen LogP contribution >= 0.6 is 23.2 Å². The van der Waals surface area contributed by atoms with Crippen molar-refractivity contribution in [1.82, 2.24) is 15.3 Å². The summed E-state index contributed by atoms with van der Waals surface area (Å²) in [7, 11) is 1.63. The number of ether oxygens (including phenoxy) is 1. The molecule has 1 unspecified atom stereocenters. The summed E-state index contributed by atoms with van der Waals surface area (Å²) in [6.07, 6.45) is 6.90. The first-order valence-corrected chi connectivity index (χ1v) is 11.4. The van der Waals surface area contributed by atoms with Gasteiger partial charge in [-0.1, -0.05) is 53.6 Å². The van der Waals surface area contributed by atoms with E-state index in [1.807, 2.05) is 29.2 Å². The van der Waals surface area contributed by atoms with Crippen molar-refractivity contribution in [2.45, 2.75) is 12.5 Å². The van der Waals surface area contributed by atoms with Crippen LogP contribution in [0.15, 0.2) is 67.0 Å². The van der Waals surface area contributed by atoms with E-state index in [2.05, 4.69) is 15.3 Å². The molecule has 0 aliphatic rings. The molecular weight excluding hydrogens is 514 g/mol. The van der Waals surface area contributed by atoms with Gasteiger partial charge in [0.15, 0.2) is 0 Å². The Labute approximate surface area is 241 Å². The van der Waals surface area contributed by atoms with Gasteiger partial charge in [0.1, 0.15) is 6.04 Å². The molecule has 0 saturated carbocycles. The monoisotopic (exact) mass is 538 g/mol. The van der Waals surface area contributed by atoms with Crippen LogP contribution in [0.4, 0.5) is 11.6 Å². The van der Waals surface area contributed by atoms with Crippen LogP contribution in [-0.4, -0.2) is 82.8 Å². The standard InChI is InChI=1S/C25H24Cl2N4O4.Na.H/c1-35-16-15-31(25-28-13-4-14-29-25)18-11-9-17(10-12-18)5-2-8-21(24(33)34)30-23(32)22-19(26)6-3-7-20(22)27;;/h2-7,9-14,21H,8,15-16H2,1H3,(H,30,32)(H,33,34);;/b5-2+;;. The Hall–Kier alpha value is -2.46. The van der Waals surface area contributed by atoms with Crippen molar-refractivity contribution in [3.63, 3.8) is 0 Å². The zero-order valence-electron chi connectivity index (χ0n) is 18.9. The van der Waals surface area contributed by atoms with E-state index in [1.165, 1.54) is 12.1 Å². The molecule has 0 aliphatic heterocycles. The SMILES string of the molecule is COCCN(c1ccc(/C=C/CC(NC(=O)c2c(Cl)cccc2Cl)C(=O)O)cc1)c1ncccn1.[NaH]. The Bertz CT molecular complexity index is 1160. The second-order valence-corrected chi connectivity index (χ2v) is 8.20. The zero-order chi connectivity index (χ0) is 25.2. The third kappa shape index (κ3) is 8.30. The van der Waals surface area contributed by atoms with Gasteiger partial charge in [-0.05, 0) is 42.3 Å². The van der Waals surface area contributed by atoms with Gasteiger partial charge in [0.05, 0.1) is 22.2 Å². The fourth-order valence-electron chi connectivity index (χ4n) is 3.23. The van der Waals surface area contributed by atoms with E-state index in [4.69, 9.17) is 27.9 Å². The Morgan fingerprint density at radius 2 is 1.72 bits per heavy atom. The van der Waals surface area contributed by atoms with Gasteiger partial charge < -0.3 is 20.1 Å². The molecule has 1 aromatic heterocycles. The summed E-state index contributed by atoms with van der Waals surface area (Å²) in [5.74, 6) is -1.25. The average molecular weight is 539 g/mol. The fraction of sp³-hybridized carbons (Fsp3) is 0.200. The first-order chi connectivity index (χ1) is 16.9. The van der Waals surface area contributed by atoms with E-state index in [-0.39, 0.29) is 51.6 Å². The van der Waals surface area contributed by atoms with E-state index in [0.29, 0.717) is 19.1 Å². The van der Waals surface area contributed by atoms with Gasteiger partial charge in [0.25, 0.3) is 5.91 Å². The molecular formula is C25H25Cl2N4NaO4. The second-order valence-electron chi connectivity index (χ2n) is 7.38. The number of methoxy groups -OCH3 is 1. The molecule has 1 heterocycles. The number of hydrogen-bond donors (Lipinski definition) is 2. The minimum atomic E-state index is -1.17. The van der Waals surface area contributed by atoms with Gasteiger partial charge >= 0.3 is 35.5 Å². The molecule has 11 heteroatoms. The van der Waals surface area contributed by atoms with Gasteiger partial charge in [0, 0.05) is 31.7 Å². The molecule has 3 rings (SSSR count). The number of carboxylic acids is 1. The van der Waals surface area contributed by atoms with Crippen molar-refractivity contribution in [3.8, 4) is 0 Å². The van der Waals surface area contributed by atoms with Crippen LogP contribution in [0.3, 0.4) is 0 Å². The number of aromatic nitrogens is 2. The Balaban J connectivity index is 0.00000456. The first-order valence-electron chi connectivity index (χ1n) is 10.7. The third-order valence-electron chi connectivity index (χ3n) is 4.99. The fourth-order valence-corrected chi connectivity index (χ4v) is 3.80. The topological polar surface area (TPSA) is 105 Å². The van der Waals surface area contributed by atoms with Gasteiger partial charge in [-0.3, -0.25) is 4.79 Å². The molecule has 2 aromatic carbocycles. The van der Waals surface area contributed by atoms with E-state index >= 15 is 0 Å². The molecule has 1 amide bonds. The number of carbonyl (C=O) groups excluding carboxylic acids is 1. The first kappa shape index (κ1) is 29.8. The molecule has 184 valence electrons. The molecule has 1 atom stereocenters. The van der Waals surface area contributed by atoms with Crippen molar-refractivity contribution in [3.05, 3.63) is 88.2 Å². The molecule has 0 saturated heterocycles. The van der Waals surface area contributed by atoms with Crippen molar-refractivity contribution in [2.24, 2.45) is 0 Å². The number of nitrogens with one attached hydrogen (secondary N) is 1. The van der Waals surface area contributed by atoms with Crippen LogP contribution in [0, 0.1) is 0 Å². The number of hydrogen-bond acceptors (Lipinski definition) is 6. The number of benzene rings is 2. The molecule has 3 aromatic rings. The van der Waals surface area contributed by atoms with Crippen molar-refractivity contribution >= 4 is 82.3 Å². The summed E-state index contributed by atoms with van der Waals surface area (Å²) in [5.41, 5.74) is 1.79. The van der Waals surface area contributed by atoms with Crippen molar-refractivity contribution < 1.29 is 19.4 Å². The second kappa shape index (κ2) is 14.9. The predicted octanol–water partition coefficient (Wildman–Crippen LogP) is 4.21. The van der Waals surface area contributed by atoms with Gasteiger partial charge in [-0.2, -0.15) is 0 Å². The maximum absolute atomic E-state index is 12.5. The van der Waals surface area contributed by atoms with Crippen LogP contribution in [0.2, 0.25) is 10.0 Å². The summed E-state index contributed by atoms with van der Waals surface area (Å²) in [4.78, 5) is 34.8. The van der Waals surface area contributed by atoms with Crippen LogP contribution < -0.4 is 10.2 Å². The Morgan fingerprint density at radius 1 is 1.08 bits per heavy atom. The van der Waals surface area contributed by atoms with Crippen LogP contribution in [-0.2, 0) is 9.53 Å². The number of halogens is 2. The number of carboxylic acid groups (broad SMARTS) is 1. The molecule has 36 heavy (non-hydrogen) atoms. The zero-order valence-corrected chi connectivity index (χ0v) is 20.4. The molecule has 0 aliphatic carbocycles. The van der Waals surface area contributed by atoms with Gasteiger partial charge in [-0.15, -0.1) is 0 Å². The van der Waals surface area contributed by atoms with E-state index in [1.54, 1.807) is 43.8 Å². The summed E-state index contributed by atoms with van der Waals surface area (Å²) >= 11 is 12.1. The molecule has 0 bridgehead atoms. The van der Waals surface area contributed by atoms with Crippen molar-refractivity contribution in [1.29, 1.82) is 0 Å². The molecule has 0 fully saturated rings. The summed E-state index contributed by atoms with van der Waals surface area (Å²) < 4.78 is 5.20. The van der Waals surface area contributed by atoms with Crippen LogP contribution in [0.1, 0.15) is 22.3 Å². The maximum atomic E-state index is 12.5. The number of nitrogens with zero attached hydrogens (tertiary/aromatic N) is 3. The Morgan fingerprint density at radius 3 is 2.31 bits per heavy atom. The van der Waals surface area contributed by atoms with Crippen LogP contribution in [0.25, 0.3) is 6.08 Å². The van der Waals surface area contributed by atoms with Gasteiger partial charge in [0.2, 0.25) is 5.95 Å². The number of rotatable bonds is 11. The van der Waals surface area contributed by atoms with Crippen LogP contribution in [0.5, 0.6) is 0 Å². The minimum absolute atomic E-state index is 0. The summed E-state index contributed by atoms with van der Waals surface area (Å²) in [6.45, 7) is 1.08. The summed E-state index contributed by atoms with van der Waals surface area (Å²) in [6, 6.07) is 12.9. The third-order valence-corrected chi connectivity index (χ3v) is 5.62. The average Bonchev–Trinajstić information content (AvgIpc) is 2.85. The number of carbonyl (C=O) groups is 2. The molecule has 2 N–H and O–H groups in total. The normalized spacial score (nSPS) is 11.5. The number of amides is 1. The number of anilines is 2. The Kier molecular flexibility index (Phi) is 12.4. The predicted molar refractivity (Wildman–Crippen MR) is 144 cm³/mol. The van der Waals surface area contributed by atoms with Gasteiger partial charge in [-0.25, -0.2) is 14.8 Å². The van der Waals surface area contributed by atoms with E-state index < -0.39 is 17.9 Å².